The van der Waals surface area contributed by atoms with Crippen molar-refractivity contribution in [2.75, 3.05) is 5.32 Å². The van der Waals surface area contributed by atoms with Gasteiger partial charge in [-0.1, -0.05) is 36.4 Å². The van der Waals surface area contributed by atoms with Crippen molar-refractivity contribution in [2.24, 2.45) is 0 Å². The fourth-order valence-corrected chi connectivity index (χ4v) is 2.77. The summed E-state index contributed by atoms with van der Waals surface area (Å²) in [5.41, 5.74) is 5.22. The van der Waals surface area contributed by atoms with E-state index in [0.29, 0.717) is 24.7 Å². The Balaban J connectivity index is 1.56. The van der Waals surface area contributed by atoms with Gasteiger partial charge in [-0.2, -0.15) is 0 Å². The molecule has 2 N–H and O–H groups in total. The second-order valence-electron chi connectivity index (χ2n) is 5.77. The zero-order chi connectivity index (χ0) is 16.5. The summed E-state index contributed by atoms with van der Waals surface area (Å²) < 4.78 is 5.41. The Kier molecular flexibility index (Phi) is 3.49. The molecule has 3 aromatic rings. The lowest BCUT2D eigenvalue weighted by molar-refractivity contribution is 0.251. The number of benzene rings is 2. The third-order valence-electron chi connectivity index (χ3n) is 4.01. The molecular weight excluding hydrogens is 304 g/mol. The Morgan fingerprint density at radius 1 is 1.08 bits per heavy atom. The lowest BCUT2D eigenvalue weighted by atomic mass is 10.00. The Hall–Kier alpha value is -3.15. The second kappa shape index (κ2) is 5.81. The molecule has 0 aliphatic carbocycles. The third kappa shape index (κ3) is 2.86. The van der Waals surface area contributed by atoms with Crippen LogP contribution in [0.5, 0.6) is 0 Å². The SMILES string of the molecule is Cc1nnc(Cc2ccc(-c3ccc4c(c3)NC(=O)NC4)cc2)o1. The fourth-order valence-electron chi connectivity index (χ4n) is 2.77. The van der Waals surface area contributed by atoms with E-state index < -0.39 is 0 Å². The maximum absolute atomic E-state index is 11.5. The van der Waals surface area contributed by atoms with Crippen LogP contribution in [0.3, 0.4) is 0 Å². The molecule has 6 heteroatoms. The summed E-state index contributed by atoms with van der Waals surface area (Å²) in [5.74, 6) is 1.19. The van der Waals surface area contributed by atoms with Crippen LogP contribution in [-0.2, 0) is 13.0 Å². The Labute approximate surface area is 138 Å². The zero-order valence-electron chi connectivity index (χ0n) is 13.2. The van der Waals surface area contributed by atoms with Crippen LogP contribution in [0.25, 0.3) is 11.1 Å². The molecule has 2 amide bonds. The van der Waals surface area contributed by atoms with Crippen LogP contribution in [0, 0.1) is 6.92 Å². The van der Waals surface area contributed by atoms with Crippen LogP contribution in [0.4, 0.5) is 10.5 Å². The molecule has 0 spiro atoms. The Morgan fingerprint density at radius 3 is 2.62 bits per heavy atom. The fraction of sp³-hybridized carbons (Fsp3) is 0.167. The number of anilines is 1. The van der Waals surface area contributed by atoms with Gasteiger partial charge in [-0.3, -0.25) is 0 Å². The molecule has 6 nitrogen and oxygen atoms in total. The van der Waals surface area contributed by atoms with Crippen molar-refractivity contribution < 1.29 is 9.21 Å². The van der Waals surface area contributed by atoms with E-state index in [1.165, 1.54) is 0 Å². The van der Waals surface area contributed by atoms with Gasteiger partial charge in [0, 0.05) is 19.2 Å². The van der Waals surface area contributed by atoms with Gasteiger partial charge >= 0.3 is 6.03 Å². The molecule has 2 heterocycles. The quantitative estimate of drug-likeness (QED) is 0.776. The lowest BCUT2D eigenvalue weighted by Gasteiger charge is -2.19. The van der Waals surface area contributed by atoms with E-state index in [9.17, 15) is 4.79 Å². The first kappa shape index (κ1) is 14.4. The predicted octanol–water partition coefficient (Wildman–Crippen LogP) is 3.27. The average molecular weight is 320 g/mol. The zero-order valence-corrected chi connectivity index (χ0v) is 13.2. The predicted molar refractivity (Wildman–Crippen MR) is 89.6 cm³/mol. The molecule has 0 radical (unpaired) electrons. The van der Waals surface area contributed by atoms with E-state index >= 15 is 0 Å². The first-order valence-electron chi connectivity index (χ1n) is 7.73. The average Bonchev–Trinajstić information content (AvgIpc) is 3.00. The second-order valence-corrected chi connectivity index (χ2v) is 5.77. The van der Waals surface area contributed by atoms with E-state index in [1.54, 1.807) is 6.92 Å². The molecule has 0 atom stereocenters. The van der Waals surface area contributed by atoms with Crippen LogP contribution in [0.2, 0.25) is 0 Å². The topological polar surface area (TPSA) is 80.0 Å². The highest BCUT2D eigenvalue weighted by Gasteiger charge is 2.14. The number of nitrogens with one attached hydrogen (secondary N) is 2. The molecule has 0 bridgehead atoms. The number of carbonyl (C=O) groups excluding carboxylic acids is 1. The minimum Gasteiger partial charge on any atom is -0.425 e. The number of hydrogen-bond acceptors (Lipinski definition) is 4. The molecule has 24 heavy (non-hydrogen) atoms. The van der Waals surface area contributed by atoms with Crippen LogP contribution in [0.15, 0.2) is 46.9 Å². The first-order valence-corrected chi connectivity index (χ1v) is 7.73. The maximum Gasteiger partial charge on any atom is 0.319 e. The molecule has 120 valence electrons. The highest BCUT2D eigenvalue weighted by molar-refractivity contribution is 5.93. The number of hydrogen-bond donors (Lipinski definition) is 2. The molecule has 1 aliphatic rings. The molecule has 1 aliphatic heterocycles. The summed E-state index contributed by atoms with van der Waals surface area (Å²) in [6.07, 6.45) is 0.618. The number of aryl methyl sites for hydroxylation is 1. The van der Waals surface area contributed by atoms with Crippen LogP contribution in [-0.4, -0.2) is 16.2 Å². The number of rotatable bonds is 3. The van der Waals surface area contributed by atoms with Gasteiger partial charge in [-0.05, 0) is 28.3 Å². The summed E-state index contributed by atoms with van der Waals surface area (Å²) in [7, 11) is 0. The molecule has 0 unspecified atom stereocenters. The van der Waals surface area contributed by atoms with Gasteiger partial charge in [0.25, 0.3) is 0 Å². The minimum atomic E-state index is -0.162. The summed E-state index contributed by atoms with van der Waals surface area (Å²) in [6, 6.07) is 14.2. The van der Waals surface area contributed by atoms with Crippen LogP contribution < -0.4 is 10.6 Å². The van der Waals surface area contributed by atoms with Gasteiger partial charge < -0.3 is 15.1 Å². The van der Waals surface area contributed by atoms with Crippen molar-refractivity contribution in [3.05, 3.63) is 65.4 Å². The largest absolute Gasteiger partial charge is 0.425 e. The summed E-state index contributed by atoms with van der Waals surface area (Å²) in [6.45, 7) is 2.34. The monoisotopic (exact) mass is 320 g/mol. The summed E-state index contributed by atoms with van der Waals surface area (Å²) in [4.78, 5) is 11.5. The molecule has 1 aromatic heterocycles. The molecule has 0 fully saturated rings. The van der Waals surface area contributed by atoms with Gasteiger partial charge in [0.05, 0.1) is 6.42 Å². The maximum atomic E-state index is 11.5. The molecule has 4 rings (SSSR count). The van der Waals surface area contributed by atoms with E-state index in [-0.39, 0.29) is 6.03 Å². The third-order valence-corrected chi connectivity index (χ3v) is 4.01. The van der Waals surface area contributed by atoms with E-state index in [4.69, 9.17) is 4.42 Å². The highest BCUT2D eigenvalue weighted by atomic mass is 16.4. The Bertz CT molecular complexity index is 900. The van der Waals surface area contributed by atoms with Crippen molar-refractivity contribution in [3.8, 4) is 11.1 Å². The van der Waals surface area contributed by atoms with Gasteiger partial charge in [-0.25, -0.2) is 4.79 Å². The number of amides is 2. The van der Waals surface area contributed by atoms with Crippen molar-refractivity contribution in [2.45, 2.75) is 19.9 Å². The molecule has 2 aromatic carbocycles. The number of fused-ring (bicyclic) bond motifs is 1. The number of urea groups is 1. The molecule has 0 saturated heterocycles. The smallest absolute Gasteiger partial charge is 0.319 e. The van der Waals surface area contributed by atoms with E-state index in [1.807, 2.05) is 12.1 Å². The van der Waals surface area contributed by atoms with Gasteiger partial charge in [0.15, 0.2) is 0 Å². The highest BCUT2D eigenvalue weighted by Crippen LogP contribution is 2.27. The lowest BCUT2D eigenvalue weighted by Crippen LogP contribution is -2.33. The van der Waals surface area contributed by atoms with Crippen LogP contribution in [0.1, 0.15) is 22.9 Å². The van der Waals surface area contributed by atoms with Gasteiger partial charge in [-0.15, -0.1) is 10.2 Å². The summed E-state index contributed by atoms with van der Waals surface area (Å²) >= 11 is 0. The number of carbonyl (C=O) groups is 1. The van der Waals surface area contributed by atoms with Crippen molar-refractivity contribution >= 4 is 11.7 Å². The van der Waals surface area contributed by atoms with Crippen molar-refractivity contribution in [3.63, 3.8) is 0 Å². The molecular formula is C18H16N4O2. The van der Waals surface area contributed by atoms with Gasteiger partial charge in [0.2, 0.25) is 11.8 Å². The number of aromatic nitrogens is 2. The normalized spacial score (nSPS) is 13.1. The Morgan fingerprint density at radius 2 is 1.88 bits per heavy atom. The van der Waals surface area contributed by atoms with E-state index in [2.05, 4.69) is 51.2 Å². The molecule has 0 saturated carbocycles. The van der Waals surface area contributed by atoms with E-state index in [0.717, 1.165) is 27.9 Å². The van der Waals surface area contributed by atoms with Crippen molar-refractivity contribution in [1.29, 1.82) is 0 Å². The summed E-state index contributed by atoms with van der Waals surface area (Å²) in [5, 5.41) is 13.5. The standard InChI is InChI=1S/C18H16N4O2/c1-11-21-22-17(24-11)8-12-2-4-13(5-3-12)14-6-7-15-10-19-18(23)20-16(15)9-14/h2-7,9H,8,10H2,1H3,(H2,19,20,23). The minimum absolute atomic E-state index is 0.162. The first-order chi connectivity index (χ1) is 11.7. The van der Waals surface area contributed by atoms with Crippen LogP contribution >= 0.6 is 0 Å². The van der Waals surface area contributed by atoms with Gasteiger partial charge in [0.1, 0.15) is 0 Å². The van der Waals surface area contributed by atoms with Crippen molar-refractivity contribution in [1.82, 2.24) is 15.5 Å². The number of nitrogens with zero attached hydrogens (tertiary/aromatic N) is 2.